The first-order chi connectivity index (χ1) is 8.02. The number of ether oxygens (including phenoxy) is 1. The highest BCUT2D eigenvalue weighted by Crippen LogP contribution is 2.05. The lowest BCUT2D eigenvalue weighted by Crippen LogP contribution is -2.30. The standard InChI is InChI=1S/C12H16Cl2O3/c1-3-5-9(13)11(15)7-17-8-12(16)10(14)6-4-2/h9-12,15-16H,7-8H2,1-2H3. The zero-order valence-electron chi connectivity index (χ0n) is 9.78. The van der Waals surface area contributed by atoms with E-state index in [0.29, 0.717) is 0 Å². The Bertz CT molecular complexity index is 292. The zero-order valence-corrected chi connectivity index (χ0v) is 11.3. The van der Waals surface area contributed by atoms with Crippen molar-refractivity contribution in [2.24, 2.45) is 0 Å². The molecule has 0 amide bonds. The highest BCUT2D eigenvalue weighted by Gasteiger charge is 2.17. The van der Waals surface area contributed by atoms with Crippen molar-refractivity contribution in [1.29, 1.82) is 0 Å². The maximum Gasteiger partial charge on any atom is 0.122 e. The van der Waals surface area contributed by atoms with E-state index in [2.05, 4.69) is 23.7 Å². The minimum atomic E-state index is -0.901. The van der Waals surface area contributed by atoms with E-state index in [1.54, 1.807) is 13.8 Å². The van der Waals surface area contributed by atoms with Crippen molar-refractivity contribution in [2.75, 3.05) is 13.2 Å². The van der Waals surface area contributed by atoms with Crippen LogP contribution in [0, 0.1) is 23.7 Å². The first-order valence-electron chi connectivity index (χ1n) is 5.09. The van der Waals surface area contributed by atoms with Crippen LogP contribution in [-0.2, 0) is 4.74 Å². The van der Waals surface area contributed by atoms with Gasteiger partial charge >= 0.3 is 0 Å². The molecule has 0 aliphatic carbocycles. The average Bonchev–Trinajstić information content (AvgIpc) is 2.29. The smallest absolute Gasteiger partial charge is 0.122 e. The van der Waals surface area contributed by atoms with E-state index in [1.807, 2.05) is 0 Å². The van der Waals surface area contributed by atoms with Crippen molar-refractivity contribution in [2.45, 2.75) is 36.8 Å². The van der Waals surface area contributed by atoms with Gasteiger partial charge in [0.05, 0.1) is 13.2 Å². The SMILES string of the molecule is CC#CC(Cl)C(O)COCC(O)C(Cl)C#CC. The molecular weight excluding hydrogens is 263 g/mol. The summed E-state index contributed by atoms with van der Waals surface area (Å²) >= 11 is 11.5. The second kappa shape index (κ2) is 9.59. The number of hydrogen-bond acceptors (Lipinski definition) is 3. The summed E-state index contributed by atoms with van der Waals surface area (Å²) in [4.78, 5) is 0. The van der Waals surface area contributed by atoms with E-state index in [1.165, 1.54) is 0 Å². The molecule has 17 heavy (non-hydrogen) atoms. The third-order valence-corrected chi connectivity index (χ3v) is 2.62. The summed E-state index contributed by atoms with van der Waals surface area (Å²) in [5.74, 6) is 10.4. The van der Waals surface area contributed by atoms with E-state index < -0.39 is 23.0 Å². The average molecular weight is 279 g/mol. The molecule has 0 aromatic heterocycles. The Morgan fingerprint density at radius 2 is 1.29 bits per heavy atom. The Balaban J connectivity index is 3.88. The van der Waals surface area contributed by atoms with E-state index in [4.69, 9.17) is 27.9 Å². The molecule has 0 rings (SSSR count). The Morgan fingerprint density at radius 1 is 0.941 bits per heavy atom. The van der Waals surface area contributed by atoms with Gasteiger partial charge in [-0.2, -0.15) is 0 Å². The minimum Gasteiger partial charge on any atom is -0.388 e. The summed E-state index contributed by atoms with van der Waals surface area (Å²) in [6.45, 7) is 3.24. The number of hydrogen-bond donors (Lipinski definition) is 2. The molecule has 0 radical (unpaired) electrons. The summed E-state index contributed by atoms with van der Waals surface area (Å²) in [6, 6.07) is 0. The van der Waals surface area contributed by atoms with Gasteiger partial charge in [-0.25, -0.2) is 0 Å². The minimum absolute atomic E-state index is 0.0108. The van der Waals surface area contributed by atoms with Crippen molar-refractivity contribution < 1.29 is 14.9 Å². The Hall–Kier alpha value is -0.420. The van der Waals surface area contributed by atoms with Crippen LogP contribution >= 0.6 is 23.2 Å². The fourth-order valence-corrected chi connectivity index (χ4v) is 1.31. The predicted octanol–water partition coefficient (Wildman–Crippen LogP) is 0.986. The number of rotatable bonds is 6. The van der Waals surface area contributed by atoms with Crippen molar-refractivity contribution >= 4 is 23.2 Å². The lowest BCUT2D eigenvalue weighted by atomic mass is 10.2. The zero-order chi connectivity index (χ0) is 13.3. The van der Waals surface area contributed by atoms with E-state index in [0.717, 1.165) is 0 Å². The first kappa shape index (κ1) is 16.6. The topological polar surface area (TPSA) is 49.7 Å². The molecule has 0 aliphatic heterocycles. The predicted molar refractivity (Wildman–Crippen MR) is 69.0 cm³/mol. The Morgan fingerprint density at radius 3 is 1.59 bits per heavy atom. The largest absolute Gasteiger partial charge is 0.388 e. The highest BCUT2D eigenvalue weighted by molar-refractivity contribution is 6.23. The molecule has 3 nitrogen and oxygen atoms in total. The molecule has 5 heteroatoms. The van der Waals surface area contributed by atoms with Crippen LogP contribution in [-0.4, -0.2) is 46.4 Å². The monoisotopic (exact) mass is 278 g/mol. The van der Waals surface area contributed by atoms with Gasteiger partial charge in [0, 0.05) is 0 Å². The fraction of sp³-hybridized carbons (Fsp3) is 0.667. The maximum atomic E-state index is 9.50. The van der Waals surface area contributed by atoms with Crippen molar-refractivity contribution in [1.82, 2.24) is 0 Å². The van der Waals surface area contributed by atoms with Crippen LogP contribution in [0.4, 0.5) is 0 Å². The molecular formula is C12H16Cl2O3. The van der Waals surface area contributed by atoms with Crippen LogP contribution in [0.25, 0.3) is 0 Å². The molecule has 0 saturated heterocycles. The summed E-state index contributed by atoms with van der Waals surface area (Å²) in [5, 5.41) is 17.6. The molecule has 0 bridgehead atoms. The second-order valence-electron chi connectivity index (χ2n) is 3.26. The molecule has 0 aliphatic rings. The van der Waals surface area contributed by atoms with Crippen molar-refractivity contribution in [3.63, 3.8) is 0 Å². The molecule has 0 saturated carbocycles. The number of halogens is 2. The van der Waals surface area contributed by atoms with E-state index in [9.17, 15) is 10.2 Å². The molecule has 0 aromatic carbocycles. The summed E-state index contributed by atoms with van der Waals surface area (Å²) in [5.41, 5.74) is 0. The number of alkyl halides is 2. The Labute approximate surface area is 112 Å². The van der Waals surface area contributed by atoms with Gasteiger partial charge in [-0.15, -0.1) is 35.0 Å². The van der Waals surface area contributed by atoms with E-state index >= 15 is 0 Å². The lowest BCUT2D eigenvalue weighted by Gasteiger charge is -2.16. The quantitative estimate of drug-likeness (QED) is 0.563. The number of aliphatic hydroxyl groups excluding tert-OH is 2. The number of aliphatic hydroxyl groups is 2. The third kappa shape index (κ3) is 7.49. The van der Waals surface area contributed by atoms with Crippen LogP contribution in [0.2, 0.25) is 0 Å². The molecule has 2 N–H and O–H groups in total. The maximum absolute atomic E-state index is 9.50. The van der Waals surface area contributed by atoms with Gasteiger partial charge in [-0.1, -0.05) is 11.8 Å². The molecule has 0 heterocycles. The fourth-order valence-electron chi connectivity index (χ4n) is 0.947. The highest BCUT2D eigenvalue weighted by atomic mass is 35.5. The molecule has 0 spiro atoms. The van der Waals surface area contributed by atoms with Crippen LogP contribution in [0.15, 0.2) is 0 Å². The van der Waals surface area contributed by atoms with Gasteiger partial charge in [-0.3, -0.25) is 0 Å². The Kier molecular flexibility index (Phi) is 9.36. The summed E-state index contributed by atoms with van der Waals surface area (Å²) in [7, 11) is 0. The molecule has 0 aromatic rings. The normalized spacial score (nSPS) is 16.8. The molecule has 96 valence electrons. The van der Waals surface area contributed by atoms with Gasteiger partial charge in [-0.05, 0) is 13.8 Å². The van der Waals surface area contributed by atoms with Gasteiger partial charge in [0.15, 0.2) is 0 Å². The molecule has 4 atom stereocenters. The molecule has 4 unspecified atom stereocenters. The van der Waals surface area contributed by atoms with E-state index in [-0.39, 0.29) is 13.2 Å². The molecule has 0 fully saturated rings. The lowest BCUT2D eigenvalue weighted by molar-refractivity contribution is -0.00218. The summed E-state index contributed by atoms with van der Waals surface area (Å²) in [6.07, 6.45) is -1.80. The van der Waals surface area contributed by atoms with Gasteiger partial charge in [0.1, 0.15) is 23.0 Å². The third-order valence-electron chi connectivity index (χ3n) is 1.82. The van der Waals surface area contributed by atoms with Crippen molar-refractivity contribution in [3.8, 4) is 23.7 Å². The van der Waals surface area contributed by atoms with Crippen molar-refractivity contribution in [3.05, 3.63) is 0 Å². The van der Waals surface area contributed by atoms with Gasteiger partial charge < -0.3 is 14.9 Å². The summed E-state index contributed by atoms with van der Waals surface area (Å²) < 4.78 is 5.09. The van der Waals surface area contributed by atoms with Gasteiger partial charge in [0.25, 0.3) is 0 Å². The second-order valence-corrected chi connectivity index (χ2v) is 4.20. The van der Waals surface area contributed by atoms with Crippen LogP contribution in [0.1, 0.15) is 13.8 Å². The van der Waals surface area contributed by atoms with Crippen LogP contribution in [0.3, 0.4) is 0 Å². The van der Waals surface area contributed by atoms with Crippen LogP contribution < -0.4 is 0 Å². The first-order valence-corrected chi connectivity index (χ1v) is 5.96. The van der Waals surface area contributed by atoms with Gasteiger partial charge in [0.2, 0.25) is 0 Å². The van der Waals surface area contributed by atoms with Crippen LogP contribution in [0.5, 0.6) is 0 Å².